The molecule has 0 bridgehead atoms. The lowest BCUT2D eigenvalue weighted by molar-refractivity contribution is -0.137. The van der Waals surface area contributed by atoms with Crippen LogP contribution in [-0.2, 0) is 22.8 Å². The van der Waals surface area contributed by atoms with Crippen LogP contribution in [0.2, 0.25) is 5.02 Å². The Hall–Kier alpha value is -3.09. The molecule has 1 saturated heterocycles. The number of ether oxygens (including phenoxy) is 1. The lowest BCUT2D eigenvalue weighted by Crippen LogP contribution is -2.50. The largest absolute Gasteiger partial charge is 0.481 e. The number of hydrogen-bond donors (Lipinski definition) is 0. The highest BCUT2D eigenvalue weighted by Gasteiger charge is 2.32. The molecular weight excluding hydrogens is 545 g/mol. The molecule has 1 aromatic heterocycles. The SMILES string of the molecule is CC(C)S(=O)(=O)N1CCN(c2cnn(-c3cccc(Cl)c3)c(=O)c2OCc2cccc(C(F)(F)F)c2)CC1. The predicted molar refractivity (Wildman–Crippen MR) is 138 cm³/mol. The molecule has 0 aliphatic carbocycles. The Balaban J connectivity index is 1.67. The Bertz CT molecular complexity index is 1470. The van der Waals surface area contributed by atoms with Gasteiger partial charge in [0, 0.05) is 31.2 Å². The second kappa shape index (κ2) is 11.0. The van der Waals surface area contributed by atoms with Crippen molar-refractivity contribution < 1.29 is 26.3 Å². The predicted octanol–water partition coefficient (Wildman–Crippen LogP) is 4.34. The summed E-state index contributed by atoms with van der Waals surface area (Å²) in [5, 5.41) is 4.08. The number of anilines is 1. The van der Waals surface area contributed by atoms with E-state index in [0.29, 0.717) is 16.4 Å². The normalized spacial score (nSPS) is 15.2. The van der Waals surface area contributed by atoms with Crippen LogP contribution in [-0.4, -0.2) is 53.9 Å². The highest BCUT2D eigenvalue weighted by Crippen LogP contribution is 2.31. The zero-order valence-electron chi connectivity index (χ0n) is 20.7. The Kier molecular flexibility index (Phi) is 8.05. The van der Waals surface area contributed by atoms with Gasteiger partial charge in [-0.2, -0.15) is 27.3 Å². The van der Waals surface area contributed by atoms with Gasteiger partial charge in [-0.3, -0.25) is 4.79 Å². The minimum absolute atomic E-state index is 0.113. The lowest BCUT2D eigenvalue weighted by atomic mass is 10.1. The van der Waals surface area contributed by atoms with Crippen LogP contribution in [0.5, 0.6) is 5.75 Å². The molecule has 0 spiro atoms. The van der Waals surface area contributed by atoms with Gasteiger partial charge in [-0.05, 0) is 49.7 Å². The molecule has 8 nitrogen and oxygen atoms in total. The molecule has 0 saturated carbocycles. The van der Waals surface area contributed by atoms with Crippen LogP contribution >= 0.6 is 11.6 Å². The Morgan fingerprint density at radius 3 is 2.37 bits per heavy atom. The summed E-state index contributed by atoms with van der Waals surface area (Å²) >= 11 is 6.08. The molecular formula is C25H26ClF3N4O4S. The van der Waals surface area contributed by atoms with E-state index < -0.39 is 32.6 Å². The number of aromatic nitrogens is 2. The molecule has 1 fully saturated rings. The number of benzene rings is 2. The highest BCUT2D eigenvalue weighted by molar-refractivity contribution is 7.89. The van der Waals surface area contributed by atoms with Crippen LogP contribution in [0.3, 0.4) is 0 Å². The summed E-state index contributed by atoms with van der Waals surface area (Å²) in [5.74, 6) is -0.113. The van der Waals surface area contributed by atoms with E-state index >= 15 is 0 Å². The van der Waals surface area contributed by atoms with Crippen molar-refractivity contribution in [3.63, 3.8) is 0 Å². The Labute approximate surface area is 223 Å². The molecule has 1 aliphatic rings. The summed E-state index contributed by atoms with van der Waals surface area (Å²) in [4.78, 5) is 15.3. The molecule has 204 valence electrons. The standard InChI is InChI=1S/C25H26ClF3N4O4S/c1-17(2)38(35,36)32-11-9-31(10-12-32)22-15-30-33(21-8-4-7-20(26)14-21)24(34)23(22)37-16-18-5-3-6-19(13-18)25(27,28)29/h3-8,13-15,17H,9-12,16H2,1-2H3. The van der Waals surface area contributed by atoms with E-state index in [0.717, 1.165) is 16.8 Å². The number of rotatable bonds is 7. The van der Waals surface area contributed by atoms with Gasteiger partial charge in [0.25, 0.3) is 0 Å². The first-order valence-corrected chi connectivity index (χ1v) is 13.7. The van der Waals surface area contributed by atoms with Crippen LogP contribution in [0.1, 0.15) is 25.0 Å². The second-order valence-electron chi connectivity index (χ2n) is 9.02. The van der Waals surface area contributed by atoms with Gasteiger partial charge in [-0.15, -0.1) is 0 Å². The molecule has 4 rings (SSSR count). The molecule has 2 heterocycles. The van der Waals surface area contributed by atoms with Gasteiger partial charge in [0.1, 0.15) is 12.3 Å². The number of alkyl halides is 3. The van der Waals surface area contributed by atoms with E-state index in [9.17, 15) is 26.4 Å². The minimum atomic E-state index is -4.52. The molecule has 0 N–H and O–H groups in total. The summed E-state index contributed by atoms with van der Waals surface area (Å²) < 4.78 is 73.0. The molecule has 0 radical (unpaired) electrons. The van der Waals surface area contributed by atoms with Gasteiger partial charge >= 0.3 is 11.7 Å². The fourth-order valence-corrected chi connectivity index (χ4v) is 5.51. The summed E-state index contributed by atoms with van der Waals surface area (Å²) in [6, 6.07) is 11.1. The number of hydrogen-bond acceptors (Lipinski definition) is 6. The van der Waals surface area contributed by atoms with Crippen molar-refractivity contribution in [2.45, 2.75) is 31.9 Å². The van der Waals surface area contributed by atoms with Crippen LogP contribution in [0.15, 0.2) is 59.5 Å². The van der Waals surface area contributed by atoms with E-state index in [-0.39, 0.29) is 44.1 Å². The maximum absolute atomic E-state index is 13.5. The first kappa shape index (κ1) is 27.9. The number of piperazine rings is 1. The van der Waals surface area contributed by atoms with Crippen molar-refractivity contribution in [3.8, 4) is 11.4 Å². The summed E-state index contributed by atoms with van der Waals surface area (Å²) in [7, 11) is -3.44. The molecule has 0 unspecified atom stereocenters. The zero-order chi connectivity index (χ0) is 27.7. The Morgan fingerprint density at radius 2 is 1.74 bits per heavy atom. The maximum Gasteiger partial charge on any atom is 0.416 e. The van der Waals surface area contributed by atoms with E-state index in [1.165, 1.54) is 22.6 Å². The van der Waals surface area contributed by atoms with E-state index in [1.807, 2.05) is 0 Å². The fraction of sp³-hybridized carbons (Fsp3) is 0.360. The monoisotopic (exact) mass is 570 g/mol. The first-order valence-electron chi connectivity index (χ1n) is 11.8. The smallest absolute Gasteiger partial charge is 0.416 e. The van der Waals surface area contributed by atoms with Crippen LogP contribution in [0.4, 0.5) is 18.9 Å². The van der Waals surface area contributed by atoms with Crippen molar-refractivity contribution in [1.29, 1.82) is 0 Å². The topological polar surface area (TPSA) is 84.7 Å². The third kappa shape index (κ3) is 5.97. The zero-order valence-corrected chi connectivity index (χ0v) is 22.2. The molecule has 3 aromatic rings. The minimum Gasteiger partial charge on any atom is -0.481 e. The summed E-state index contributed by atoms with van der Waals surface area (Å²) in [6.45, 7) is 3.87. The third-order valence-corrected chi connectivity index (χ3v) is 8.65. The van der Waals surface area contributed by atoms with E-state index in [4.69, 9.17) is 16.3 Å². The van der Waals surface area contributed by atoms with Gasteiger partial charge in [-0.1, -0.05) is 29.8 Å². The average molecular weight is 571 g/mol. The maximum atomic E-state index is 13.5. The molecule has 13 heteroatoms. The van der Waals surface area contributed by atoms with Crippen LogP contribution < -0.4 is 15.2 Å². The van der Waals surface area contributed by atoms with E-state index in [2.05, 4.69) is 5.10 Å². The van der Waals surface area contributed by atoms with Gasteiger partial charge in [-0.25, -0.2) is 8.42 Å². The quantitative estimate of drug-likeness (QED) is 0.420. The molecule has 0 atom stereocenters. The van der Waals surface area contributed by atoms with Gasteiger partial charge in [0.05, 0.1) is 22.7 Å². The van der Waals surface area contributed by atoms with Gasteiger partial charge < -0.3 is 9.64 Å². The Morgan fingerprint density at radius 1 is 1.05 bits per heavy atom. The van der Waals surface area contributed by atoms with Crippen molar-refractivity contribution in [2.75, 3.05) is 31.1 Å². The van der Waals surface area contributed by atoms with Crippen molar-refractivity contribution in [1.82, 2.24) is 14.1 Å². The second-order valence-corrected chi connectivity index (χ2v) is 11.9. The van der Waals surface area contributed by atoms with Gasteiger partial charge in [0.2, 0.25) is 15.8 Å². The summed E-state index contributed by atoms with van der Waals surface area (Å²) in [5.41, 5.74) is -0.529. The number of nitrogens with zero attached hydrogens (tertiary/aromatic N) is 4. The lowest BCUT2D eigenvalue weighted by Gasteiger charge is -2.36. The van der Waals surface area contributed by atoms with Crippen molar-refractivity contribution in [2.24, 2.45) is 0 Å². The van der Waals surface area contributed by atoms with Crippen LogP contribution in [0, 0.1) is 0 Å². The highest BCUT2D eigenvalue weighted by atomic mass is 35.5. The number of halogens is 4. The number of sulfonamides is 1. The molecule has 2 aromatic carbocycles. The first-order chi connectivity index (χ1) is 17.9. The fourth-order valence-electron chi connectivity index (χ4n) is 4.06. The van der Waals surface area contributed by atoms with Crippen molar-refractivity contribution >= 4 is 27.3 Å². The molecule has 0 amide bonds. The molecule has 1 aliphatic heterocycles. The van der Waals surface area contributed by atoms with Crippen molar-refractivity contribution in [3.05, 3.63) is 81.2 Å². The van der Waals surface area contributed by atoms with E-state index in [1.54, 1.807) is 43.0 Å². The average Bonchev–Trinajstić information content (AvgIpc) is 2.87. The van der Waals surface area contributed by atoms with Gasteiger partial charge in [0.15, 0.2) is 0 Å². The molecule has 38 heavy (non-hydrogen) atoms. The van der Waals surface area contributed by atoms with Crippen LogP contribution in [0.25, 0.3) is 5.69 Å². The third-order valence-electron chi connectivity index (χ3n) is 6.14. The summed E-state index contributed by atoms with van der Waals surface area (Å²) in [6.07, 6.45) is -3.09.